The average Bonchev–Trinajstić information content (AvgIpc) is 2.33. The van der Waals surface area contributed by atoms with Gasteiger partial charge in [0.15, 0.2) is 0 Å². The maximum atomic E-state index is 5.69. The van der Waals surface area contributed by atoms with E-state index in [1.807, 2.05) is 0 Å². The zero-order chi connectivity index (χ0) is 9.42. The minimum atomic E-state index is 0.370. The van der Waals surface area contributed by atoms with Gasteiger partial charge in [0.05, 0.1) is 6.61 Å². The van der Waals surface area contributed by atoms with Crippen molar-refractivity contribution in [2.75, 3.05) is 13.7 Å². The molecule has 2 aliphatic heterocycles. The largest absolute Gasteiger partial charge is 0.361 e. The van der Waals surface area contributed by atoms with Crippen molar-refractivity contribution in [3.8, 4) is 0 Å². The Kier molecular flexibility index (Phi) is 2.58. The maximum Gasteiger partial charge on any atom is 0.112 e. The summed E-state index contributed by atoms with van der Waals surface area (Å²) in [4.78, 5) is 2.37. The summed E-state index contributed by atoms with van der Waals surface area (Å²) in [6.45, 7) is 5.35. The predicted molar refractivity (Wildman–Crippen MR) is 52.6 cm³/mol. The lowest BCUT2D eigenvalue weighted by atomic mass is 9.98. The molecule has 0 spiro atoms. The molecular formula is C10H20N2O. The van der Waals surface area contributed by atoms with Crippen molar-refractivity contribution in [2.24, 2.45) is 0 Å². The Bertz CT molecular complexity index is 170. The fraction of sp³-hybridized carbons (Fsp3) is 1.00. The number of ether oxygens (including phenoxy) is 1. The lowest BCUT2D eigenvalue weighted by molar-refractivity contribution is 0.0152. The van der Waals surface area contributed by atoms with E-state index in [1.54, 1.807) is 0 Å². The van der Waals surface area contributed by atoms with Crippen LogP contribution in [-0.2, 0) is 4.74 Å². The minimum Gasteiger partial charge on any atom is -0.361 e. The smallest absolute Gasteiger partial charge is 0.112 e. The highest BCUT2D eigenvalue weighted by Gasteiger charge is 2.39. The first kappa shape index (κ1) is 9.44. The summed E-state index contributed by atoms with van der Waals surface area (Å²) in [6.07, 6.45) is 2.76. The molecule has 2 heterocycles. The summed E-state index contributed by atoms with van der Waals surface area (Å²) in [5, 5.41) is 3.60. The standard InChI is InChI=1S/C10H20N2O/c1-7(2)11-8-4-9-6-13-10(5-8)12(9)3/h7-11H,4-6H2,1-3H3. The molecule has 0 saturated carbocycles. The molecule has 1 N–H and O–H groups in total. The van der Waals surface area contributed by atoms with Gasteiger partial charge in [0, 0.05) is 24.5 Å². The molecule has 0 aromatic rings. The molecule has 0 radical (unpaired) electrons. The van der Waals surface area contributed by atoms with Crippen molar-refractivity contribution in [2.45, 2.75) is 51.0 Å². The molecule has 13 heavy (non-hydrogen) atoms. The summed E-state index contributed by atoms with van der Waals surface area (Å²) in [5.74, 6) is 0. The van der Waals surface area contributed by atoms with Gasteiger partial charge in [-0.1, -0.05) is 13.8 Å². The highest BCUT2D eigenvalue weighted by atomic mass is 16.5. The molecule has 0 amide bonds. The van der Waals surface area contributed by atoms with Crippen molar-refractivity contribution in [1.29, 1.82) is 0 Å². The Morgan fingerprint density at radius 2 is 2.15 bits per heavy atom. The quantitative estimate of drug-likeness (QED) is 0.687. The van der Waals surface area contributed by atoms with E-state index >= 15 is 0 Å². The van der Waals surface area contributed by atoms with E-state index in [9.17, 15) is 0 Å². The van der Waals surface area contributed by atoms with Crippen LogP contribution in [0.2, 0.25) is 0 Å². The fourth-order valence-electron chi connectivity index (χ4n) is 2.44. The van der Waals surface area contributed by atoms with Crippen LogP contribution in [0.5, 0.6) is 0 Å². The first-order valence-corrected chi connectivity index (χ1v) is 5.26. The number of piperidine rings is 1. The Morgan fingerprint density at radius 3 is 2.77 bits per heavy atom. The van der Waals surface area contributed by atoms with Crippen molar-refractivity contribution in [3.63, 3.8) is 0 Å². The third-order valence-electron chi connectivity index (χ3n) is 3.12. The summed E-state index contributed by atoms with van der Waals surface area (Å²) in [6, 6.07) is 1.90. The highest BCUT2D eigenvalue weighted by Crippen LogP contribution is 2.28. The Balaban J connectivity index is 1.91. The van der Waals surface area contributed by atoms with Crippen LogP contribution in [0.3, 0.4) is 0 Å². The van der Waals surface area contributed by atoms with Gasteiger partial charge >= 0.3 is 0 Å². The normalized spacial score (nSPS) is 40.2. The van der Waals surface area contributed by atoms with Crippen LogP contribution < -0.4 is 5.32 Å². The van der Waals surface area contributed by atoms with E-state index in [0.717, 1.165) is 13.0 Å². The van der Waals surface area contributed by atoms with Gasteiger partial charge in [-0.2, -0.15) is 0 Å². The van der Waals surface area contributed by atoms with Gasteiger partial charge in [-0.15, -0.1) is 0 Å². The Hall–Kier alpha value is -0.120. The maximum absolute atomic E-state index is 5.69. The van der Waals surface area contributed by atoms with Crippen molar-refractivity contribution >= 4 is 0 Å². The van der Waals surface area contributed by atoms with Gasteiger partial charge in [-0.3, -0.25) is 4.90 Å². The number of hydrogen-bond acceptors (Lipinski definition) is 3. The molecule has 2 bridgehead atoms. The molecule has 3 nitrogen and oxygen atoms in total. The van der Waals surface area contributed by atoms with Gasteiger partial charge in [-0.25, -0.2) is 0 Å². The molecule has 3 atom stereocenters. The van der Waals surface area contributed by atoms with Crippen molar-refractivity contribution in [3.05, 3.63) is 0 Å². The van der Waals surface area contributed by atoms with Crippen LogP contribution in [0.25, 0.3) is 0 Å². The molecule has 0 aliphatic carbocycles. The average molecular weight is 184 g/mol. The van der Waals surface area contributed by atoms with E-state index in [4.69, 9.17) is 4.74 Å². The Morgan fingerprint density at radius 1 is 1.38 bits per heavy atom. The number of nitrogens with one attached hydrogen (secondary N) is 1. The SMILES string of the molecule is CC(C)NC1CC2COC(C1)N2C. The second-order valence-corrected chi connectivity index (χ2v) is 4.60. The van der Waals surface area contributed by atoms with Gasteiger partial charge in [-0.05, 0) is 13.5 Å². The summed E-state index contributed by atoms with van der Waals surface area (Å²) >= 11 is 0. The third kappa shape index (κ3) is 1.87. The van der Waals surface area contributed by atoms with Gasteiger partial charge in [0.1, 0.15) is 6.23 Å². The lowest BCUT2D eigenvalue weighted by Gasteiger charge is -2.35. The van der Waals surface area contributed by atoms with E-state index in [1.165, 1.54) is 6.42 Å². The second-order valence-electron chi connectivity index (χ2n) is 4.60. The zero-order valence-electron chi connectivity index (χ0n) is 8.79. The summed E-state index contributed by atoms with van der Waals surface area (Å²) in [7, 11) is 2.17. The predicted octanol–water partition coefficient (Wildman–Crippen LogP) is 0.803. The lowest BCUT2D eigenvalue weighted by Crippen LogP contribution is -2.49. The molecule has 76 valence electrons. The molecule has 3 heteroatoms. The summed E-state index contributed by atoms with van der Waals surface area (Å²) < 4.78 is 5.69. The Labute approximate surface area is 80.4 Å². The molecule has 2 rings (SSSR count). The molecule has 2 aliphatic rings. The summed E-state index contributed by atoms with van der Waals surface area (Å²) in [5.41, 5.74) is 0. The van der Waals surface area contributed by atoms with Crippen LogP contribution in [0.4, 0.5) is 0 Å². The molecule has 3 unspecified atom stereocenters. The topological polar surface area (TPSA) is 24.5 Å². The fourth-order valence-corrected chi connectivity index (χ4v) is 2.44. The van der Waals surface area contributed by atoms with Crippen LogP contribution in [0, 0.1) is 0 Å². The highest BCUT2D eigenvalue weighted by molar-refractivity contribution is 4.91. The first-order chi connectivity index (χ1) is 6.16. The van der Waals surface area contributed by atoms with E-state index in [0.29, 0.717) is 24.4 Å². The second kappa shape index (κ2) is 3.56. The van der Waals surface area contributed by atoms with Crippen LogP contribution in [-0.4, -0.2) is 42.9 Å². The van der Waals surface area contributed by atoms with Crippen molar-refractivity contribution < 1.29 is 4.74 Å². The minimum absolute atomic E-state index is 0.370. The van der Waals surface area contributed by atoms with Crippen molar-refractivity contribution in [1.82, 2.24) is 10.2 Å². The van der Waals surface area contributed by atoms with Crippen LogP contribution >= 0.6 is 0 Å². The van der Waals surface area contributed by atoms with E-state index < -0.39 is 0 Å². The monoisotopic (exact) mass is 184 g/mol. The number of fused-ring (bicyclic) bond motifs is 2. The first-order valence-electron chi connectivity index (χ1n) is 5.26. The van der Waals surface area contributed by atoms with Gasteiger partial charge in [0.2, 0.25) is 0 Å². The molecule has 0 aromatic heterocycles. The number of likely N-dealkylation sites (N-methyl/N-ethyl adjacent to an activating group) is 1. The molecule has 2 saturated heterocycles. The third-order valence-corrected chi connectivity index (χ3v) is 3.12. The van der Waals surface area contributed by atoms with Gasteiger partial charge in [0.25, 0.3) is 0 Å². The number of hydrogen-bond donors (Lipinski definition) is 1. The van der Waals surface area contributed by atoms with Gasteiger partial charge < -0.3 is 10.1 Å². The zero-order valence-corrected chi connectivity index (χ0v) is 8.79. The molecule has 0 aromatic carbocycles. The van der Waals surface area contributed by atoms with Crippen LogP contribution in [0.15, 0.2) is 0 Å². The molecule has 2 fully saturated rings. The van der Waals surface area contributed by atoms with Crippen LogP contribution in [0.1, 0.15) is 26.7 Å². The van der Waals surface area contributed by atoms with E-state index in [2.05, 4.69) is 31.1 Å². The number of nitrogens with zero attached hydrogens (tertiary/aromatic N) is 1. The molecular weight excluding hydrogens is 164 g/mol. The van der Waals surface area contributed by atoms with E-state index in [-0.39, 0.29) is 0 Å². The number of rotatable bonds is 2.